The lowest BCUT2D eigenvalue weighted by Gasteiger charge is -2.47. The molecule has 1 aromatic heterocycles. The van der Waals surface area contributed by atoms with Gasteiger partial charge in [-0.15, -0.1) is 0 Å². The summed E-state index contributed by atoms with van der Waals surface area (Å²) < 4.78 is 0. The summed E-state index contributed by atoms with van der Waals surface area (Å²) in [5.41, 5.74) is -0.466. The van der Waals surface area contributed by atoms with Gasteiger partial charge < -0.3 is 10.0 Å². The molecule has 1 N–H and O–H groups in total. The van der Waals surface area contributed by atoms with Crippen LogP contribution in [0, 0.1) is 0 Å². The molecule has 0 unspecified atom stereocenters. The van der Waals surface area contributed by atoms with E-state index >= 15 is 0 Å². The normalized spacial score (nSPS) is 19.1. The molecule has 0 atom stereocenters. The lowest BCUT2D eigenvalue weighted by molar-refractivity contribution is 0.00295. The van der Waals surface area contributed by atoms with Crippen molar-refractivity contribution in [2.24, 2.45) is 0 Å². The number of aliphatic hydroxyl groups is 1. The Hall–Kier alpha value is -1.09. The van der Waals surface area contributed by atoms with E-state index in [0.29, 0.717) is 0 Å². The van der Waals surface area contributed by atoms with Crippen LogP contribution in [0.2, 0.25) is 0 Å². The van der Waals surface area contributed by atoms with Gasteiger partial charge in [0.2, 0.25) is 0 Å². The lowest BCUT2D eigenvalue weighted by atomic mass is 9.89. The molecular formula is C11H16N2O. The molecule has 3 nitrogen and oxygen atoms in total. The van der Waals surface area contributed by atoms with Gasteiger partial charge >= 0.3 is 0 Å². The van der Waals surface area contributed by atoms with E-state index in [1.165, 1.54) is 0 Å². The molecule has 0 spiro atoms. The molecule has 0 aromatic carbocycles. The SMILES string of the molecule is CCCC1(O)CN(c2ccccn2)C1. The van der Waals surface area contributed by atoms with Gasteiger partial charge in [0.05, 0.1) is 5.60 Å². The van der Waals surface area contributed by atoms with E-state index in [1.807, 2.05) is 18.2 Å². The maximum atomic E-state index is 9.97. The highest BCUT2D eigenvalue weighted by Crippen LogP contribution is 2.29. The van der Waals surface area contributed by atoms with Crippen LogP contribution in [-0.4, -0.2) is 28.8 Å². The van der Waals surface area contributed by atoms with Crippen molar-refractivity contribution in [1.82, 2.24) is 4.98 Å². The topological polar surface area (TPSA) is 36.4 Å². The summed E-state index contributed by atoms with van der Waals surface area (Å²) in [6, 6.07) is 5.85. The zero-order valence-electron chi connectivity index (χ0n) is 8.48. The van der Waals surface area contributed by atoms with Crippen molar-refractivity contribution in [3.05, 3.63) is 24.4 Å². The third-order valence-electron chi connectivity index (χ3n) is 2.66. The molecule has 1 fully saturated rings. The first-order valence-corrected chi connectivity index (χ1v) is 5.12. The molecule has 1 aliphatic rings. The third kappa shape index (κ3) is 1.73. The fraction of sp³-hybridized carbons (Fsp3) is 0.545. The standard InChI is InChI=1S/C11H16N2O/c1-2-6-11(14)8-13(9-11)10-5-3-4-7-12-10/h3-5,7,14H,2,6,8-9H2,1H3. The van der Waals surface area contributed by atoms with Crippen molar-refractivity contribution in [2.75, 3.05) is 18.0 Å². The summed E-state index contributed by atoms with van der Waals surface area (Å²) >= 11 is 0. The first kappa shape index (κ1) is 9.46. The van der Waals surface area contributed by atoms with Crippen LogP contribution < -0.4 is 4.90 Å². The van der Waals surface area contributed by atoms with Crippen LogP contribution >= 0.6 is 0 Å². The van der Waals surface area contributed by atoms with E-state index < -0.39 is 5.60 Å². The first-order valence-electron chi connectivity index (χ1n) is 5.12. The number of hydrogen-bond donors (Lipinski definition) is 1. The van der Waals surface area contributed by atoms with Gasteiger partial charge in [-0.25, -0.2) is 4.98 Å². The van der Waals surface area contributed by atoms with E-state index in [2.05, 4.69) is 16.8 Å². The van der Waals surface area contributed by atoms with Gasteiger partial charge in [-0.3, -0.25) is 0 Å². The molecule has 1 saturated heterocycles. The summed E-state index contributed by atoms with van der Waals surface area (Å²) in [5.74, 6) is 0.966. The van der Waals surface area contributed by atoms with Crippen molar-refractivity contribution in [2.45, 2.75) is 25.4 Å². The van der Waals surface area contributed by atoms with E-state index in [9.17, 15) is 5.11 Å². The fourth-order valence-corrected chi connectivity index (χ4v) is 1.99. The highest BCUT2D eigenvalue weighted by Gasteiger charge is 2.40. The summed E-state index contributed by atoms with van der Waals surface area (Å²) in [7, 11) is 0. The Kier molecular flexibility index (Phi) is 2.42. The second-order valence-corrected chi connectivity index (χ2v) is 4.02. The van der Waals surface area contributed by atoms with Crippen molar-refractivity contribution in [3.8, 4) is 0 Å². The molecule has 2 heterocycles. The van der Waals surface area contributed by atoms with Gasteiger partial charge in [0.1, 0.15) is 5.82 Å². The number of aromatic nitrogens is 1. The zero-order chi connectivity index (χ0) is 10.0. The van der Waals surface area contributed by atoms with Gasteiger partial charge in [0, 0.05) is 19.3 Å². The molecule has 2 rings (SSSR count). The Morgan fingerprint density at radius 1 is 1.50 bits per heavy atom. The maximum absolute atomic E-state index is 9.97. The fourth-order valence-electron chi connectivity index (χ4n) is 1.99. The largest absolute Gasteiger partial charge is 0.386 e. The third-order valence-corrected chi connectivity index (χ3v) is 2.66. The Bertz CT molecular complexity index is 293. The van der Waals surface area contributed by atoms with Crippen LogP contribution in [0.5, 0.6) is 0 Å². The molecular weight excluding hydrogens is 176 g/mol. The number of nitrogens with zero attached hydrogens (tertiary/aromatic N) is 2. The molecule has 1 aliphatic heterocycles. The Morgan fingerprint density at radius 2 is 2.29 bits per heavy atom. The predicted molar refractivity (Wildman–Crippen MR) is 56.3 cm³/mol. The quantitative estimate of drug-likeness (QED) is 0.787. The molecule has 3 heteroatoms. The molecule has 0 saturated carbocycles. The maximum Gasteiger partial charge on any atom is 0.128 e. The average Bonchev–Trinajstić information content (AvgIpc) is 2.16. The van der Waals surface area contributed by atoms with Crippen LogP contribution in [0.3, 0.4) is 0 Å². The van der Waals surface area contributed by atoms with Crippen molar-refractivity contribution in [3.63, 3.8) is 0 Å². The molecule has 76 valence electrons. The molecule has 0 radical (unpaired) electrons. The second-order valence-electron chi connectivity index (χ2n) is 4.02. The first-order chi connectivity index (χ1) is 6.73. The van der Waals surface area contributed by atoms with Crippen molar-refractivity contribution < 1.29 is 5.11 Å². The molecule has 0 amide bonds. The minimum absolute atomic E-state index is 0.466. The average molecular weight is 192 g/mol. The minimum atomic E-state index is -0.466. The van der Waals surface area contributed by atoms with E-state index in [1.54, 1.807) is 6.20 Å². The number of β-amino-alcohol motifs (C(OH)–C–C–N with tert-alkyl or cyclic N) is 1. The van der Waals surface area contributed by atoms with Gasteiger partial charge in [-0.05, 0) is 18.6 Å². The Labute approximate surface area is 84.4 Å². The van der Waals surface area contributed by atoms with Crippen LogP contribution in [0.4, 0.5) is 5.82 Å². The molecule has 1 aromatic rings. The van der Waals surface area contributed by atoms with Gasteiger partial charge in [0.15, 0.2) is 0 Å². The number of hydrogen-bond acceptors (Lipinski definition) is 3. The number of anilines is 1. The molecule has 0 aliphatic carbocycles. The highest BCUT2D eigenvalue weighted by molar-refractivity contribution is 5.43. The van der Waals surface area contributed by atoms with Crippen LogP contribution in [0.15, 0.2) is 24.4 Å². The monoisotopic (exact) mass is 192 g/mol. The number of pyridine rings is 1. The lowest BCUT2D eigenvalue weighted by Crippen LogP contribution is -2.62. The number of rotatable bonds is 3. The van der Waals surface area contributed by atoms with Crippen LogP contribution in [0.25, 0.3) is 0 Å². The van der Waals surface area contributed by atoms with E-state index in [0.717, 1.165) is 31.7 Å². The van der Waals surface area contributed by atoms with Crippen LogP contribution in [-0.2, 0) is 0 Å². The van der Waals surface area contributed by atoms with E-state index in [4.69, 9.17) is 0 Å². The Balaban J connectivity index is 1.95. The minimum Gasteiger partial charge on any atom is -0.386 e. The zero-order valence-corrected chi connectivity index (χ0v) is 8.48. The van der Waals surface area contributed by atoms with Crippen molar-refractivity contribution >= 4 is 5.82 Å². The van der Waals surface area contributed by atoms with Crippen LogP contribution in [0.1, 0.15) is 19.8 Å². The van der Waals surface area contributed by atoms with Gasteiger partial charge in [-0.1, -0.05) is 19.4 Å². The van der Waals surface area contributed by atoms with E-state index in [-0.39, 0.29) is 0 Å². The predicted octanol–water partition coefficient (Wildman–Crippen LogP) is 1.43. The van der Waals surface area contributed by atoms with Crippen molar-refractivity contribution in [1.29, 1.82) is 0 Å². The molecule has 0 bridgehead atoms. The molecule has 14 heavy (non-hydrogen) atoms. The summed E-state index contributed by atoms with van der Waals surface area (Å²) in [6.45, 7) is 3.54. The summed E-state index contributed by atoms with van der Waals surface area (Å²) in [5, 5.41) is 9.97. The summed E-state index contributed by atoms with van der Waals surface area (Å²) in [6.07, 6.45) is 3.70. The van der Waals surface area contributed by atoms with Gasteiger partial charge in [0.25, 0.3) is 0 Å². The summed E-state index contributed by atoms with van der Waals surface area (Å²) in [4.78, 5) is 6.35. The smallest absolute Gasteiger partial charge is 0.128 e. The highest BCUT2D eigenvalue weighted by atomic mass is 16.3. The Morgan fingerprint density at radius 3 is 2.86 bits per heavy atom. The second kappa shape index (κ2) is 3.58. The van der Waals surface area contributed by atoms with Gasteiger partial charge in [-0.2, -0.15) is 0 Å².